The van der Waals surface area contributed by atoms with E-state index in [-0.39, 0.29) is 6.61 Å². The molecule has 1 aromatic carbocycles. The highest BCUT2D eigenvalue weighted by atomic mass is 35.5. The Hall–Kier alpha value is -0.770. The van der Waals surface area contributed by atoms with Gasteiger partial charge in [-0.25, -0.2) is 0 Å². The van der Waals surface area contributed by atoms with Gasteiger partial charge in [0.2, 0.25) is 0 Å². The summed E-state index contributed by atoms with van der Waals surface area (Å²) in [6.07, 6.45) is 0.793. The first-order valence-corrected chi connectivity index (χ1v) is 6.44. The second kappa shape index (κ2) is 5.71. The van der Waals surface area contributed by atoms with Gasteiger partial charge in [-0.3, -0.25) is 0 Å². The fraction of sp³-hybridized carbons (Fsp3) is 0.538. The maximum atomic E-state index is 9.03. The van der Waals surface area contributed by atoms with Crippen molar-refractivity contribution in [2.75, 3.05) is 24.6 Å². The van der Waals surface area contributed by atoms with Crippen molar-refractivity contribution < 1.29 is 5.11 Å². The van der Waals surface area contributed by atoms with Crippen molar-refractivity contribution in [1.29, 1.82) is 0 Å². The van der Waals surface area contributed by atoms with E-state index < -0.39 is 0 Å². The molecule has 17 heavy (non-hydrogen) atoms. The first kappa shape index (κ1) is 12.7. The monoisotopic (exact) mass is 254 g/mol. The summed E-state index contributed by atoms with van der Waals surface area (Å²) in [6.45, 7) is 4.29. The Labute approximate surface area is 107 Å². The van der Waals surface area contributed by atoms with E-state index in [9.17, 15) is 0 Å². The molecule has 2 atom stereocenters. The molecule has 2 unspecified atom stereocenters. The van der Waals surface area contributed by atoms with Gasteiger partial charge in [-0.1, -0.05) is 17.7 Å². The largest absolute Gasteiger partial charge is 0.396 e. The summed E-state index contributed by atoms with van der Waals surface area (Å²) in [5.74, 6) is 0. The topological polar surface area (TPSA) is 35.5 Å². The van der Waals surface area contributed by atoms with Crippen LogP contribution in [-0.2, 0) is 0 Å². The molecule has 0 radical (unpaired) electrons. The van der Waals surface area contributed by atoms with Gasteiger partial charge in [-0.2, -0.15) is 0 Å². The molecule has 1 fully saturated rings. The van der Waals surface area contributed by atoms with Crippen molar-refractivity contribution in [2.45, 2.75) is 25.4 Å². The molecule has 3 nitrogen and oxygen atoms in total. The molecule has 2 rings (SSSR count). The quantitative estimate of drug-likeness (QED) is 0.865. The Morgan fingerprint density at radius 1 is 1.47 bits per heavy atom. The molecule has 1 aromatic rings. The van der Waals surface area contributed by atoms with Crippen LogP contribution in [0.5, 0.6) is 0 Å². The van der Waals surface area contributed by atoms with Gasteiger partial charge in [0.25, 0.3) is 0 Å². The normalized spacial score (nSPS) is 25.0. The fourth-order valence-corrected chi connectivity index (χ4v) is 2.58. The van der Waals surface area contributed by atoms with Crippen LogP contribution in [0, 0.1) is 0 Å². The van der Waals surface area contributed by atoms with Gasteiger partial charge in [-0.15, -0.1) is 0 Å². The Morgan fingerprint density at radius 2 is 2.29 bits per heavy atom. The smallest absolute Gasteiger partial charge is 0.0446 e. The molecule has 0 aromatic heterocycles. The Balaban J connectivity index is 2.09. The lowest BCUT2D eigenvalue weighted by atomic mass is 10.1. The average Bonchev–Trinajstić information content (AvgIpc) is 2.28. The van der Waals surface area contributed by atoms with Crippen LogP contribution in [0.15, 0.2) is 24.3 Å². The lowest BCUT2D eigenvalue weighted by Crippen LogP contribution is -2.55. The maximum absolute atomic E-state index is 9.03. The van der Waals surface area contributed by atoms with E-state index >= 15 is 0 Å². The number of rotatable bonds is 3. The molecule has 0 amide bonds. The van der Waals surface area contributed by atoms with Gasteiger partial charge in [0, 0.05) is 42.5 Å². The number of benzene rings is 1. The van der Waals surface area contributed by atoms with Crippen molar-refractivity contribution in [3.8, 4) is 0 Å². The van der Waals surface area contributed by atoms with Crippen LogP contribution in [-0.4, -0.2) is 36.9 Å². The molecule has 1 aliphatic rings. The van der Waals surface area contributed by atoms with E-state index in [4.69, 9.17) is 16.7 Å². The minimum Gasteiger partial charge on any atom is -0.396 e. The van der Waals surface area contributed by atoms with Gasteiger partial charge < -0.3 is 15.3 Å². The lowest BCUT2D eigenvalue weighted by Gasteiger charge is -2.39. The summed E-state index contributed by atoms with van der Waals surface area (Å²) in [6, 6.07) is 8.73. The number of hydrogen-bond acceptors (Lipinski definition) is 3. The Kier molecular flexibility index (Phi) is 4.26. The number of aliphatic hydroxyl groups is 1. The van der Waals surface area contributed by atoms with Gasteiger partial charge >= 0.3 is 0 Å². The van der Waals surface area contributed by atoms with Crippen LogP contribution in [0.25, 0.3) is 0 Å². The molecule has 0 spiro atoms. The van der Waals surface area contributed by atoms with E-state index in [2.05, 4.69) is 23.2 Å². The second-order valence-corrected chi connectivity index (χ2v) is 5.10. The zero-order chi connectivity index (χ0) is 12.3. The van der Waals surface area contributed by atoms with E-state index in [1.54, 1.807) is 0 Å². The molecule has 0 aliphatic carbocycles. The first-order chi connectivity index (χ1) is 8.19. The minimum absolute atomic E-state index is 0.230. The number of nitrogens with one attached hydrogen (secondary N) is 1. The van der Waals surface area contributed by atoms with Gasteiger partial charge in [0.05, 0.1) is 0 Å². The number of nitrogens with zero attached hydrogens (tertiary/aromatic N) is 1. The maximum Gasteiger partial charge on any atom is 0.0446 e. The van der Waals surface area contributed by atoms with Crippen molar-refractivity contribution in [3.63, 3.8) is 0 Å². The van der Waals surface area contributed by atoms with Crippen LogP contribution < -0.4 is 10.2 Å². The number of aliphatic hydroxyl groups excluding tert-OH is 1. The number of halogens is 1. The molecule has 1 heterocycles. The van der Waals surface area contributed by atoms with E-state index in [1.807, 2.05) is 18.2 Å². The lowest BCUT2D eigenvalue weighted by molar-refractivity contribution is 0.250. The average molecular weight is 255 g/mol. The summed E-state index contributed by atoms with van der Waals surface area (Å²) in [5, 5.41) is 13.3. The molecular formula is C13H19ClN2O. The number of hydrogen-bond donors (Lipinski definition) is 2. The van der Waals surface area contributed by atoms with Crippen molar-refractivity contribution >= 4 is 17.3 Å². The molecule has 4 heteroatoms. The summed E-state index contributed by atoms with van der Waals surface area (Å²) in [7, 11) is 0. The summed E-state index contributed by atoms with van der Waals surface area (Å²) in [4.78, 5) is 2.33. The summed E-state index contributed by atoms with van der Waals surface area (Å²) in [5.41, 5.74) is 1.16. The third-order valence-electron chi connectivity index (χ3n) is 3.11. The Bertz CT molecular complexity index is 372. The van der Waals surface area contributed by atoms with Crippen molar-refractivity contribution in [3.05, 3.63) is 29.3 Å². The van der Waals surface area contributed by atoms with Gasteiger partial charge in [0.1, 0.15) is 0 Å². The van der Waals surface area contributed by atoms with Gasteiger partial charge in [0.15, 0.2) is 0 Å². The van der Waals surface area contributed by atoms with E-state index in [1.165, 1.54) is 0 Å². The molecule has 94 valence electrons. The number of anilines is 1. The fourth-order valence-electron chi connectivity index (χ4n) is 2.39. The van der Waals surface area contributed by atoms with Crippen LogP contribution in [0.3, 0.4) is 0 Å². The summed E-state index contributed by atoms with van der Waals surface area (Å²) < 4.78 is 0. The van der Waals surface area contributed by atoms with Crippen molar-refractivity contribution in [1.82, 2.24) is 5.32 Å². The predicted molar refractivity (Wildman–Crippen MR) is 71.8 cm³/mol. The third kappa shape index (κ3) is 3.35. The van der Waals surface area contributed by atoms with Crippen LogP contribution in [0.4, 0.5) is 5.69 Å². The van der Waals surface area contributed by atoms with Gasteiger partial charge in [-0.05, 0) is 31.5 Å². The molecule has 2 N–H and O–H groups in total. The summed E-state index contributed by atoms with van der Waals surface area (Å²) >= 11 is 6.02. The van der Waals surface area contributed by atoms with Crippen LogP contribution in [0.2, 0.25) is 5.02 Å². The Morgan fingerprint density at radius 3 is 3.00 bits per heavy atom. The van der Waals surface area contributed by atoms with Crippen LogP contribution in [0.1, 0.15) is 13.3 Å². The van der Waals surface area contributed by atoms with Crippen molar-refractivity contribution in [2.24, 2.45) is 0 Å². The second-order valence-electron chi connectivity index (χ2n) is 4.66. The predicted octanol–water partition coefficient (Wildman–Crippen LogP) is 1.89. The zero-order valence-corrected chi connectivity index (χ0v) is 10.8. The third-order valence-corrected chi connectivity index (χ3v) is 3.34. The SMILES string of the molecule is CC1CN(c2cccc(Cl)c2)CC(CCO)N1. The number of piperazine rings is 1. The minimum atomic E-state index is 0.230. The van der Waals surface area contributed by atoms with E-state index in [0.717, 1.165) is 30.2 Å². The molecule has 1 aliphatic heterocycles. The standard InChI is InChI=1S/C13H19ClN2O/c1-10-8-16(9-12(15-10)5-6-17)13-4-2-3-11(14)7-13/h2-4,7,10,12,15,17H,5-6,8-9H2,1H3. The molecular weight excluding hydrogens is 236 g/mol. The van der Waals surface area contributed by atoms with E-state index in [0.29, 0.717) is 12.1 Å². The molecule has 0 bridgehead atoms. The highest BCUT2D eigenvalue weighted by Crippen LogP contribution is 2.22. The first-order valence-electron chi connectivity index (χ1n) is 6.06. The highest BCUT2D eigenvalue weighted by Gasteiger charge is 2.23. The molecule has 1 saturated heterocycles. The van der Waals surface area contributed by atoms with Crippen LogP contribution >= 0.6 is 11.6 Å². The molecule has 0 saturated carbocycles. The highest BCUT2D eigenvalue weighted by molar-refractivity contribution is 6.30. The zero-order valence-electron chi connectivity index (χ0n) is 10.1.